The Morgan fingerprint density at radius 2 is 2.07 bits per heavy atom. The minimum atomic E-state index is 0.0781. The number of aliphatic hydroxyl groups excluding tert-OH is 1. The number of aliphatic hydroxyl groups is 1. The highest BCUT2D eigenvalue weighted by Gasteiger charge is 2.04. The smallest absolute Gasteiger partial charge is 0.128 e. The third kappa shape index (κ3) is 3.75. The fraction of sp³-hybridized carbons (Fsp3) is 0.545. The Hall–Kier alpha value is -1.29. The molecule has 0 radical (unpaired) electrons. The van der Waals surface area contributed by atoms with Gasteiger partial charge in [0.15, 0.2) is 0 Å². The number of hydrogen-bond donors (Lipinski definition) is 3. The van der Waals surface area contributed by atoms with Crippen molar-refractivity contribution in [3.8, 4) is 0 Å². The standard InChI is InChI=1S/C11H19N3O/c1-3-9(8-15)13-11-7-5-6-10(14-11)12-4-2/h5-7,9,15H,3-4,8H2,1-2H3,(H2,12,13,14). The SMILES string of the molecule is CCNc1cccc(NC(CC)CO)n1. The second-order valence-electron chi connectivity index (χ2n) is 3.37. The van der Waals surface area contributed by atoms with Crippen LogP contribution in [0.15, 0.2) is 18.2 Å². The van der Waals surface area contributed by atoms with Gasteiger partial charge in [-0.05, 0) is 25.5 Å². The largest absolute Gasteiger partial charge is 0.394 e. The van der Waals surface area contributed by atoms with Crippen LogP contribution in [-0.4, -0.2) is 29.3 Å². The van der Waals surface area contributed by atoms with Gasteiger partial charge in [-0.1, -0.05) is 13.0 Å². The lowest BCUT2D eigenvalue weighted by Gasteiger charge is -2.15. The van der Waals surface area contributed by atoms with Gasteiger partial charge >= 0.3 is 0 Å². The zero-order valence-corrected chi connectivity index (χ0v) is 9.33. The molecule has 1 atom stereocenters. The zero-order valence-electron chi connectivity index (χ0n) is 9.33. The molecule has 0 aliphatic heterocycles. The van der Waals surface area contributed by atoms with Crippen molar-refractivity contribution in [2.45, 2.75) is 26.3 Å². The molecule has 1 aromatic heterocycles. The summed E-state index contributed by atoms with van der Waals surface area (Å²) in [4.78, 5) is 4.36. The van der Waals surface area contributed by atoms with E-state index in [4.69, 9.17) is 5.11 Å². The molecule has 0 spiro atoms. The van der Waals surface area contributed by atoms with Crippen LogP contribution in [0.4, 0.5) is 11.6 Å². The average Bonchev–Trinajstić information content (AvgIpc) is 2.27. The summed E-state index contributed by atoms with van der Waals surface area (Å²) in [7, 11) is 0. The van der Waals surface area contributed by atoms with E-state index >= 15 is 0 Å². The van der Waals surface area contributed by atoms with Crippen LogP contribution in [0.5, 0.6) is 0 Å². The van der Waals surface area contributed by atoms with Crippen LogP contribution >= 0.6 is 0 Å². The van der Waals surface area contributed by atoms with Crippen molar-refractivity contribution in [1.82, 2.24) is 4.98 Å². The lowest BCUT2D eigenvalue weighted by Crippen LogP contribution is -2.23. The van der Waals surface area contributed by atoms with Gasteiger partial charge < -0.3 is 15.7 Å². The van der Waals surface area contributed by atoms with Crippen molar-refractivity contribution >= 4 is 11.6 Å². The van der Waals surface area contributed by atoms with E-state index in [0.717, 1.165) is 24.6 Å². The zero-order chi connectivity index (χ0) is 11.1. The third-order valence-electron chi connectivity index (χ3n) is 2.17. The van der Waals surface area contributed by atoms with Crippen molar-refractivity contribution in [2.24, 2.45) is 0 Å². The summed E-state index contributed by atoms with van der Waals surface area (Å²) in [5, 5.41) is 15.4. The van der Waals surface area contributed by atoms with Gasteiger partial charge in [0, 0.05) is 6.54 Å². The first-order valence-electron chi connectivity index (χ1n) is 5.38. The molecule has 1 unspecified atom stereocenters. The molecule has 1 aromatic rings. The Bertz CT molecular complexity index is 287. The second-order valence-corrected chi connectivity index (χ2v) is 3.37. The maximum atomic E-state index is 9.05. The first-order valence-corrected chi connectivity index (χ1v) is 5.38. The number of hydrogen-bond acceptors (Lipinski definition) is 4. The maximum Gasteiger partial charge on any atom is 0.128 e. The Morgan fingerprint density at radius 1 is 1.33 bits per heavy atom. The minimum Gasteiger partial charge on any atom is -0.394 e. The summed E-state index contributed by atoms with van der Waals surface area (Å²) in [5.41, 5.74) is 0. The van der Waals surface area contributed by atoms with Gasteiger partial charge in [0.1, 0.15) is 11.6 Å². The summed E-state index contributed by atoms with van der Waals surface area (Å²) >= 11 is 0. The highest BCUT2D eigenvalue weighted by molar-refractivity contribution is 5.45. The maximum absolute atomic E-state index is 9.05. The molecule has 0 saturated heterocycles. The monoisotopic (exact) mass is 209 g/mol. The number of rotatable bonds is 6. The molecule has 0 saturated carbocycles. The first-order chi connectivity index (χ1) is 7.30. The second kappa shape index (κ2) is 6.24. The van der Waals surface area contributed by atoms with E-state index in [0.29, 0.717) is 0 Å². The molecule has 0 bridgehead atoms. The Kier molecular flexibility index (Phi) is 4.90. The van der Waals surface area contributed by atoms with Crippen LogP contribution in [0.2, 0.25) is 0 Å². The number of nitrogens with zero attached hydrogens (tertiary/aromatic N) is 1. The van der Waals surface area contributed by atoms with Gasteiger partial charge in [0.05, 0.1) is 12.6 Å². The van der Waals surface area contributed by atoms with Crippen LogP contribution in [0.3, 0.4) is 0 Å². The molecule has 0 aliphatic carbocycles. The first kappa shape index (κ1) is 11.8. The van der Waals surface area contributed by atoms with Crippen LogP contribution < -0.4 is 10.6 Å². The minimum absolute atomic E-state index is 0.0781. The van der Waals surface area contributed by atoms with E-state index in [9.17, 15) is 0 Å². The molecule has 1 heterocycles. The van der Waals surface area contributed by atoms with E-state index in [1.807, 2.05) is 32.0 Å². The van der Waals surface area contributed by atoms with E-state index in [1.165, 1.54) is 0 Å². The van der Waals surface area contributed by atoms with Crippen LogP contribution in [-0.2, 0) is 0 Å². The lowest BCUT2D eigenvalue weighted by molar-refractivity contribution is 0.271. The summed E-state index contributed by atoms with van der Waals surface area (Å²) in [6.45, 7) is 5.05. The Balaban J connectivity index is 2.64. The predicted octanol–water partition coefficient (Wildman–Crippen LogP) is 1.70. The fourth-order valence-electron chi connectivity index (χ4n) is 1.28. The number of nitrogens with one attached hydrogen (secondary N) is 2. The molecule has 0 aromatic carbocycles. The van der Waals surface area contributed by atoms with E-state index in [-0.39, 0.29) is 12.6 Å². The fourth-order valence-corrected chi connectivity index (χ4v) is 1.28. The van der Waals surface area contributed by atoms with Crippen molar-refractivity contribution in [3.05, 3.63) is 18.2 Å². The molecular weight excluding hydrogens is 190 g/mol. The van der Waals surface area contributed by atoms with E-state index in [1.54, 1.807) is 0 Å². The molecule has 0 aliphatic rings. The summed E-state index contributed by atoms with van der Waals surface area (Å²) < 4.78 is 0. The molecule has 0 amide bonds. The van der Waals surface area contributed by atoms with Crippen molar-refractivity contribution in [3.63, 3.8) is 0 Å². The van der Waals surface area contributed by atoms with Crippen molar-refractivity contribution < 1.29 is 5.11 Å². The molecule has 3 N–H and O–H groups in total. The Morgan fingerprint density at radius 3 is 2.67 bits per heavy atom. The molecular formula is C11H19N3O. The number of pyridine rings is 1. The van der Waals surface area contributed by atoms with Gasteiger partial charge in [-0.2, -0.15) is 0 Å². The summed E-state index contributed by atoms with van der Waals surface area (Å²) in [6.07, 6.45) is 0.879. The van der Waals surface area contributed by atoms with Gasteiger partial charge in [-0.3, -0.25) is 0 Å². The topological polar surface area (TPSA) is 57.2 Å². The van der Waals surface area contributed by atoms with Gasteiger partial charge in [-0.15, -0.1) is 0 Å². The van der Waals surface area contributed by atoms with E-state index < -0.39 is 0 Å². The Labute approximate surface area is 90.7 Å². The molecule has 4 nitrogen and oxygen atoms in total. The average molecular weight is 209 g/mol. The summed E-state index contributed by atoms with van der Waals surface area (Å²) in [6, 6.07) is 5.85. The molecule has 1 rings (SSSR count). The summed E-state index contributed by atoms with van der Waals surface area (Å²) in [5.74, 6) is 1.66. The lowest BCUT2D eigenvalue weighted by atomic mass is 10.2. The predicted molar refractivity (Wildman–Crippen MR) is 63.2 cm³/mol. The van der Waals surface area contributed by atoms with Crippen molar-refractivity contribution in [2.75, 3.05) is 23.8 Å². The van der Waals surface area contributed by atoms with Gasteiger partial charge in [0.2, 0.25) is 0 Å². The molecule has 0 fully saturated rings. The molecule has 84 valence electrons. The van der Waals surface area contributed by atoms with Gasteiger partial charge in [0.25, 0.3) is 0 Å². The quantitative estimate of drug-likeness (QED) is 0.667. The number of anilines is 2. The van der Waals surface area contributed by atoms with Crippen LogP contribution in [0.25, 0.3) is 0 Å². The van der Waals surface area contributed by atoms with Crippen molar-refractivity contribution in [1.29, 1.82) is 0 Å². The third-order valence-corrected chi connectivity index (χ3v) is 2.17. The highest BCUT2D eigenvalue weighted by atomic mass is 16.3. The van der Waals surface area contributed by atoms with Crippen LogP contribution in [0.1, 0.15) is 20.3 Å². The normalized spacial score (nSPS) is 12.2. The van der Waals surface area contributed by atoms with Gasteiger partial charge in [-0.25, -0.2) is 4.98 Å². The molecule has 4 heteroatoms. The molecule has 15 heavy (non-hydrogen) atoms. The highest BCUT2D eigenvalue weighted by Crippen LogP contribution is 2.10. The van der Waals surface area contributed by atoms with Crippen LogP contribution in [0, 0.1) is 0 Å². The number of aromatic nitrogens is 1. The van der Waals surface area contributed by atoms with E-state index in [2.05, 4.69) is 15.6 Å².